The van der Waals surface area contributed by atoms with Crippen LogP contribution >= 0.6 is 0 Å². The third kappa shape index (κ3) is 27.7. The first-order valence-corrected chi connectivity index (χ1v) is 54.6. The Morgan fingerprint density at radius 1 is 0.266 bits per heavy atom. The highest BCUT2D eigenvalue weighted by Gasteiger charge is 2.34. The van der Waals surface area contributed by atoms with Crippen LogP contribution in [-0.4, -0.2) is 73.8 Å². The molecule has 16 rings (SSSR count). The van der Waals surface area contributed by atoms with Crippen LogP contribution in [0.2, 0.25) is 0 Å². The number of nitrogens with zero attached hydrogens (tertiary/aromatic N) is 15. The van der Waals surface area contributed by atoms with E-state index in [4.69, 9.17) is 20.4 Å². The fourth-order valence-corrected chi connectivity index (χ4v) is 20.7. The van der Waals surface area contributed by atoms with Crippen molar-refractivity contribution in [3.63, 3.8) is 0 Å². The van der Waals surface area contributed by atoms with Gasteiger partial charge in [-0.05, 0) is 229 Å². The summed E-state index contributed by atoms with van der Waals surface area (Å²) in [5.74, 6) is 11.5. The van der Waals surface area contributed by atoms with Crippen LogP contribution < -0.4 is 0 Å². The molecule has 0 radical (unpaired) electrons. The van der Waals surface area contributed by atoms with Crippen LogP contribution in [0.5, 0.6) is 0 Å². The summed E-state index contributed by atoms with van der Waals surface area (Å²) in [4.78, 5) is 0. The van der Waals surface area contributed by atoms with Crippen molar-refractivity contribution >= 4 is 0 Å². The Labute approximate surface area is 860 Å². The maximum Gasteiger partial charge on any atom is 0.168 e. The molecular formula is C128H169N15. The monoisotopic (exact) mass is 1920 g/mol. The van der Waals surface area contributed by atoms with Gasteiger partial charge in [-0.3, -0.25) is 22.8 Å². The van der Waals surface area contributed by atoms with Crippen molar-refractivity contribution in [1.82, 2.24) is 73.8 Å². The molecule has 0 bridgehead atoms. The van der Waals surface area contributed by atoms with Crippen molar-refractivity contribution in [3.8, 4) is 85.4 Å². The molecule has 5 aromatic heterocycles. The van der Waals surface area contributed by atoms with Gasteiger partial charge in [0.05, 0.1) is 28.4 Å². The molecule has 5 heterocycles. The molecule has 0 amide bonds. The minimum Gasteiger partial charge on any atom is -0.279 e. The zero-order chi connectivity index (χ0) is 102. The summed E-state index contributed by atoms with van der Waals surface area (Å²) in [5.41, 5.74) is 30.5. The number of para-hydroxylation sites is 1. The largest absolute Gasteiger partial charge is 0.279 e. The summed E-state index contributed by atoms with van der Waals surface area (Å²) in [6.07, 6.45) is 33.8. The Kier molecular flexibility index (Phi) is 40.6. The molecule has 0 unspecified atom stereocenters. The number of unbranched alkanes of at least 4 members (excludes halogenated alkanes) is 12. The third-order valence-electron chi connectivity index (χ3n) is 29.1. The zero-order valence-electron chi connectivity index (χ0n) is 91.9. The molecule has 0 spiro atoms. The lowest BCUT2D eigenvalue weighted by atomic mass is 9.88. The number of benzene rings is 10. The van der Waals surface area contributed by atoms with Crippen molar-refractivity contribution < 1.29 is 0 Å². The number of aromatic nitrogens is 15. The molecular weight excluding hydrogens is 1750 g/mol. The van der Waals surface area contributed by atoms with E-state index in [2.05, 4.69) is 402 Å². The van der Waals surface area contributed by atoms with Crippen LogP contribution in [0.15, 0.2) is 218 Å². The fraction of sp³-hybridized carbons (Fsp3) is 0.453. The molecule has 0 atom stereocenters. The summed E-state index contributed by atoms with van der Waals surface area (Å²) in [5, 5.41) is 46.2. The highest BCUT2D eigenvalue weighted by Crippen LogP contribution is 2.43. The van der Waals surface area contributed by atoms with Crippen LogP contribution in [0.3, 0.4) is 0 Å². The Morgan fingerprint density at radius 2 is 0.538 bits per heavy atom. The Balaban J connectivity index is 0.000000160. The van der Waals surface area contributed by atoms with Gasteiger partial charge in [0.15, 0.2) is 29.1 Å². The van der Waals surface area contributed by atoms with E-state index in [9.17, 15) is 0 Å². The van der Waals surface area contributed by atoms with Crippen LogP contribution in [0, 0.1) is 62.3 Å². The van der Waals surface area contributed by atoms with Gasteiger partial charge in [-0.1, -0.05) is 425 Å². The van der Waals surface area contributed by atoms with E-state index in [1.165, 1.54) is 248 Å². The maximum absolute atomic E-state index is 4.78. The average Bonchev–Trinajstić information content (AvgIpc) is 1.59. The first-order valence-electron chi connectivity index (χ1n) is 54.6. The van der Waals surface area contributed by atoms with Crippen molar-refractivity contribution in [2.75, 3.05) is 0 Å². The van der Waals surface area contributed by atoms with Crippen molar-refractivity contribution in [3.05, 3.63) is 325 Å². The van der Waals surface area contributed by atoms with Gasteiger partial charge >= 0.3 is 0 Å². The second-order valence-corrected chi connectivity index (χ2v) is 42.7. The Morgan fingerprint density at radius 3 is 0.839 bits per heavy atom. The fourth-order valence-electron chi connectivity index (χ4n) is 20.7. The van der Waals surface area contributed by atoms with E-state index >= 15 is 0 Å². The summed E-state index contributed by atoms with van der Waals surface area (Å²) < 4.78 is 11.5. The first-order chi connectivity index (χ1) is 69.0. The molecule has 15 heteroatoms. The van der Waals surface area contributed by atoms with Crippen molar-refractivity contribution in [2.45, 2.75) is 381 Å². The van der Waals surface area contributed by atoms with E-state index in [0.29, 0.717) is 23.7 Å². The molecule has 756 valence electrons. The Bertz CT molecular complexity index is 6190. The van der Waals surface area contributed by atoms with Crippen LogP contribution in [0.4, 0.5) is 0 Å². The molecule has 1 saturated carbocycles. The summed E-state index contributed by atoms with van der Waals surface area (Å²) in [7, 11) is 0. The number of hydrogen-bond acceptors (Lipinski definition) is 10. The van der Waals surface area contributed by atoms with Crippen LogP contribution in [0.25, 0.3) is 85.4 Å². The van der Waals surface area contributed by atoms with Gasteiger partial charge in [0.2, 0.25) is 0 Å². The van der Waals surface area contributed by atoms with Gasteiger partial charge in [-0.25, -0.2) is 0 Å². The van der Waals surface area contributed by atoms with Gasteiger partial charge in [-0.2, -0.15) is 0 Å². The second kappa shape index (κ2) is 52.9. The lowest BCUT2D eigenvalue weighted by molar-refractivity contribution is 0.424. The van der Waals surface area contributed by atoms with E-state index in [1.54, 1.807) is 0 Å². The van der Waals surface area contributed by atoms with Crippen molar-refractivity contribution in [1.29, 1.82) is 0 Å². The lowest BCUT2D eigenvalue weighted by Crippen LogP contribution is -2.22. The highest BCUT2D eigenvalue weighted by atomic mass is 15.3. The molecule has 1 aliphatic carbocycles. The molecule has 10 aromatic carbocycles. The van der Waals surface area contributed by atoms with Gasteiger partial charge in [0.25, 0.3) is 0 Å². The predicted octanol–water partition coefficient (Wildman–Crippen LogP) is 34.7. The third-order valence-corrected chi connectivity index (χ3v) is 29.1. The van der Waals surface area contributed by atoms with Gasteiger partial charge < -0.3 is 0 Å². The van der Waals surface area contributed by atoms with E-state index < -0.39 is 0 Å². The predicted molar refractivity (Wildman–Crippen MR) is 603 cm³/mol. The maximum atomic E-state index is 4.78. The zero-order valence-corrected chi connectivity index (χ0v) is 91.9. The molecule has 15 aromatic rings. The standard InChI is InChI=1S/C28H37N3.2C27H37N3.C25H33N3.C21H25N3/c1-4-5-6-9-14-23-19-21(2)26(22(3)20-23)31-27(24-15-10-7-11-16-24)29-30-28(31)25-17-12-8-13-18-25;2*1-7-9-10-12-15-22-18-20(3)24(21(4)19-22)30-25(23-16-13-11-14-17-23)28-29-26(30)27(5,6)8-2;1-6-7-8-10-13-21-16-19(4)23(20(5)17-21)28-24(18(2)3)26-27-25(28)22-14-11-9-12-15-22;1-14(2)18-12-9-13-19(15(3)4)20(18)24-16(5)22-23-21(24)17-10-7-6-8-11-17/h7,10-11,15-16,19-20,25H,4-6,8-9,12-14,17-18H2,1-3H3;2*11,13-14,16-19H,7-10,12,15H2,1-6H3;9,11-12,14-18H,6-8,10,13H2,1-5H3;6-15H,1-5H3. The minimum atomic E-state index is -0.0578. The van der Waals surface area contributed by atoms with E-state index in [-0.39, 0.29) is 10.8 Å². The van der Waals surface area contributed by atoms with Gasteiger partial charge in [0, 0.05) is 50.5 Å². The van der Waals surface area contributed by atoms with Crippen LogP contribution in [0.1, 0.15) is 389 Å². The summed E-state index contributed by atoms with van der Waals surface area (Å²) in [6.45, 7) is 55.8. The highest BCUT2D eigenvalue weighted by molar-refractivity contribution is 5.68. The average molecular weight is 1920 g/mol. The normalized spacial score (nSPS) is 12.3. The summed E-state index contributed by atoms with van der Waals surface area (Å²) >= 11 is 0. The van der Waals surface area contributed by atoms with Crippen LogP contribution in [-0.2, 0) is 36.5 Å². The molecule has 0 N–H and O–H groups in total. The molecule has 15 nitrogen and oxygen atoms in total. The second-order valence-electron chi connectivity index (χ2n) is 42.7. The first kappa shape index (κ1) is 110. The molecule has 0 aliphatic heterocycles. The molecule has 1 aliphatic rings. The quantitative estimate of drug-likeness (QED) is 0.0342. The summed E-state index contributed by atoms with van der Waals surface area (Å²) in [6, 6.07) is 77.6. The molecule has 0 saturated heterocycles. The van der Waals surface area contributed by atoms with Gasteiger partial charge in [-0.15, -0.1) is 51.0 Å². The number of rotatable bonds is 38. The van der Waals surface area contributed by atoms with E-state index in [1.807, 2.05) is 43.3 Å². The number of aryl methyl sites for hydroxylation is 13. The SMILES string of the molecule is CCCCCCc1cc(C)c(-n2c(-c3ccccc3)nnc2C(C)(C)CC)c(C)c1.CCCCCCc1cc(C)c(-n2c(-c3ccccc3)nnc2C(C)(C)CC)c(C)c1.CCCCCCc1cc(C)c(-n2c(-c3ccccc3)nnc2C(C)C)c(C)c1.CCCCCCc1cc(C)c(-n2c(-c3ccccc3)nnc2C2CCCCC2)c(C)c1.Cc1nnc(-c2ccccc2)n1-c1c(C(C)C)cccc1C(C)C. The van der Waals surface area contributed by atoms with E-state index in [0.717, 1.165) is 118 Å². The van der Waals surface area contributed by atoms with Crippen molar-refractivity contribution in [2.24, 2.45) is 0 Å². The smallest absolute Gasteiger partial charge is 0.168 e. The number of hydrogen-bond donors (Lipinski definition) is 0. The van der Waals surface area contributed by atoms with Gasteiger partial charge in [0.1, 0.15) is 29.1 Å². The molecule has 1 fully saturated rings. The Hall–Kier alpha value is -12.1. The minimum absolute atomic E-state index is 0.0578. The molecule has 143 heavy (non-hydrogen) atoms. The lowest BCUT2D eigenvalue weighted by Gasteiger charge is -2.25. The topological polar surface area (TPSA) is 154 Å².